The molecule has 0 aliphatic heterocycles. The Labute approximate surface area is 102 Å². The lowest BCUT2D eigenvalue weighted by atomic mass is 10.2. The molecule has 1 rings (SSSR count). The highest BCUT2D eigenvalue weighted by Gasteiger charge is 2.31. The first-order valence-electron chi connectivity index (χ1n) is 5.18. The second-order valence-electron chi connectivity index (χ2n) is 3.42. The van der Waals surface area contributed by atoms with Crippen molar-refractivity contribution in [3.05, 3.63) is 23.8 Å². The van der Waals surface area contributed by atoms with Gasteiger partial charge in [0, 0.05) is 6.54 Å². The maximum Gasteiger partial charge on any atom is 0.416 e. The normalized spacial score (nSPS) is 11.1. The molecule has 0 unspecified atom stereocenters. The first kappa shape index (κ1) is 14.3. The summed E-state index contributed by atoms with van der Waals surface area (Å²) >= 11 is 0. The van der Waals surface area contributed by atoms with Crippen LogP contribution in [-0.4, -0.2) is 26.6 Å². The van der Waals surface area contributed by atoms with Crippen molar-refractivity contribution in [1.29, 1.82) is 0 Å². The molecule has 0 spiro atoms. The van der Waals surface area contributed by atoms with Gasteiger partial charge in [-0.25, -0.2) is 0 Å². The van der Waals surface area contributed by atoms with E-state index < -0.39 is 11.7 Å². The van der Waals surface area contributed by atoms with Gasteiger partial charge in [0.1, 0.15) is 12.4 Å². The monoisotopic (exact) mass is 262 g/mol. The van der Waals surface area contributed by atoms with Gasteiger partial charge in [-0.05, 0) is 25.2 Å². The highest BCUT2D eigenvalue weighted by atomic mass is 19.4. The van der Waals surface area contributed by atoms with Gasteiger partial charge in [-0.1, -0.05) is 0 Å². The predicted molar refractivity (Wildman–Crippen MR) is 60.6 cm³/mol. The molecule has 0 heterocycles. The van der Waals surface area contributed by atoms with Crippen LogP contribution in [0.15, 0.2) is 18.2 Å². The Balaban J connectivity index is 2.93. The SMILES string of the molecule is CNCCOc1ccc(C(F)(F)F)cc1NC=O. The number of rotatable bonds is 6. The Morgan fingerprint density at radius 2 is 2.11 bits per heavy atom. The molecular formula is C11H13F3N2O2. The molecule has 0 aromatic heterocycles. The maximum absolute atomic E-state index is 12.5. The fraction of sp³-hybridized carbons (Fsp3) is 0.364. The van der Waals surface area contributed by atoms with E-state index in [0.29, 0.717) is 13.0 Å². The Morgan fingerprint density at radius 1 is 1.39 bits per heavy atom. The number of hydrogen-bond donors (Lipinski definition) is 2. The minimum Gasteiger partial charge on any atom is -0.490 e. The van der Waals surface area contributed by atoms with E-state index in [1.807, 2.05) is 0 Å². The zero-order chi connectivity index (χ0) is 13.6. The third kappa shape index (κ3) is 3.92. The number of likely N-dealkylation sites (N-methyl/N-ethyl adjacent to an activating group) is 1. The number of nitrogens with one attached hydrogen (secondary N) is 2. The minimum absolute atomic E-state index is 0.00377. The molecule has 0 fully saturated rings. The molecule has 0 aliphatic carbocycles. The lowest BCUT2D eigenvalue weighted by Crippen LogP contribution is -2.16. The quantitative estimate of drug-likeness (QED) is 0.608. The topological polar surface area (TPSA) is 50.4 Å². The van der Waals surface area contributed by atoms with Gasteiger partial charge >= 0.3 is 6.18 Å². The molecule has 0 saturated heterocycles. The largest absolute Gasteiger partial charge is 0.490 e. The molecule has 1 amide bonds. The molecule has 100 valence electrons. The summed E-state index contributed by atoms with van der Waals surface area (Å²) in [4.78, 5) is 10.4. The van der Waals surface area contributed by atoms with Crippen LogP contribution in [0, 0.1) is 0 Å². The van der Waals surface area contributed by atoms with Crippen LogP contribution in [0.25, 0.3) is 0 Å². The van der Waals surface area contributed by atoms with E-state index in [1.165, 1.54) is 6.07 Å². The van der Waals surface area contributed by atoms with Gasteiger partial charge in [0.05, 0.1) is 11.3 Å². The van der Waals surface area contributed by atoms with Crippen molar-refractivity contribution >= 4 is 12.1 Å². The van der Waals surface area contributed by atoms with E-state index in [-0.39, 0.29) is 18.0 Å². The van der Waals surface area contributed by atoms with Crippen LogP contribution >= 0.6 is 0 Å². The van der Waals surface area contributed by atoms with Gasteiger partial charge in [-0.3, -0.25) is 4.79 Å². The Hall–Kier alpha value is -1.76. The zero-order valence-electron chi connectivity index (χ0n) is 9.67. The maximum atomic E-state index is 12.5. The summed E-state index contributed by atoms with van der Waals surface area (Å²) in [5.74, 6) is 0.199. The summed E-state index contributed by atoms with van der Waals surface area (Å²) < 4.78 is 42.7. The smallest absolute Gasteiger partial charge is 0.416 e. The van der Waals surface area contributed by atoms with Gasteiger partial charge in [-0.2, -0.15) is 13.2 Å². The van der Waals surface area contributed by atoms with Crippen molar-refractivity contribution in [3.8, 4) is 5.75 Å². The van der Waals surface area contributed by atoms with Crippen molar-refractivity contribution in [2.45, 2.75) is 6.18 Å². The average Bonchev–Trinajstić information content (AvgIpc) is 2.30. The first-order chi connectivity index (χ1) is 8.49. The van der Waals surface area contributed by atoms with Crippen LogP contribution in [-0.2, 0) is 11.0 Å². The van der Waals surface area contributed by atoms with Crippen LogP contribution in [0.5, 0.6) is 5.75 Å². The molecule has 1 aromatic rings. The van der Waals surface area contributed by atoms with Gasteiger partial charge in [-0.15, -0.1) is 0 Å². The summed E-state index contributed by atoms with van der Waals surface area (Å²) in [6, 6.07) is 2.93. The number of anilines is 1. The number of amides is 1. The first-order valence-corrected chi connectivity index (χ1v) is 5.18. The molecule has 0 atom stereocenters. The summed E-state index contributed by atoms with van der Waals surface area (Å²) in [7, 11) is 1.72. The second-order valence-corrected chi connectivity index (χ2v) is 3.42. The van der Waals surface area contributed by atoms with Crippen LogP contribution in [0.1, 0.15) is 5.56 Å². The van der Waals surface area contributed by atoms with E-state index >= 15 is 0 Å². The standard InChI is InChI=1S/C11H13F3N2O2/c1-15-4-5-18-10-3-2-8(11(12,13)14)6-9(10)16-7-17/h2-3,6-7,15H,4-5H2,1H3,(H,16,17). The third-order valence-corrected chi connectivity index (χ3v) is 2.13. The number of hydrogen-bond acceptors (Lipinski definition) is 3. The van der Waals surface area contributed by atoms with Gasteiger partial charge < -0.3 is 15.4 Å². The molecule has 0 saturated carbocycles. The molecule has 0 bridgehead atoms. The Morgan fingerprint density at radius 3 is 2.67 bits per heavy atom. The van der Waals surface area contributed by atoms with Crippen molar-refractivity contribution in [3.63, 3.8) is 0 Å². The number of carbonyl (C=O) groups is 1. The molecule has 0 radical (unpaired) electrons. The summed E-state index contributed by atoms with van der Waals surface area (Å²) in [6.07, 6.45) is -4.15. The fourth-order valence-corrected chi connectivity index (χ4v) is 1.27. The highest BCUT2D eigenvalue weighted by Crippen LogP contribution is 2.34. The molecule has 18 heavy (non-hydrogen) atoms. The lowest BCUT2D eigenvalue weighted by Gasteiger charge is -2.13. The van der Waals surface area contributed by atoms with Crippen LogP contribution < -0.4 is 15.4 Å². The number of halogens is 3. The molecule has 2 N–H and O–H groups in total. The number of benzene rings is 1. The Kier molecular flexibility index (Phi) is 4.96. The van der Waals surface area contributed by atoms with Crippen molar-refractivity contribution in [2.75, 3.05) is 25.5 Å². The lowest BCUT2D eigenvalue weighted by molar-refractivity contribution is -0.137. The van der Waals surface area contributed by atoms with Gasteiger partial charge in [0.25, 0.3) is 0 Å². The zero-order valence-corrected chi connectivity index (χ0v) is 9.67. The van der Waals surface area contributed by atoms with Crippen molar-refractivity contribution in [2.24, 2.45) is 0 Å². The summed E-state index contributed by atoms with van der Waals surface area (Å²) in [5.41, 5.74) is -0.844. The minimum atomic E-state index is -4.46. The molecule has 0 aliphatic rings. The van der Waals surface area contributed by atoms with E-state index in [0.717, 1.165) is 12.1 Å². The molecule has 1 aromatic carbocycles. The van der Waals surface area contributed by atoms with E-state index in [2.05, 4.69) is 10.6 Å². The number of alkyl halides is 3. The number of ether oxygens (including phenoxy) is 1. The third-order valence-electron chi connectivity index (χ3n) is 2.13. The van der Waals surface area contributed by atoms with E-state index in [1.54, 1.807) is 7.05 Å². The highest BCUT2D eigenvalue weighted by molar-refractivity contribution is 5.75. The average molecular weight is 262 g/mol. The van der Waals surface area contributed by atoms with Crippen LogP contribution in [0.3, 0.4) is 0 Å². The Bertz CT molecular complexity index is 408. The van der Waals surface area contributed by atoms with Crippen molar-refractivity contribution in [1.82, 2.24) is 5.32 Å². The van der Waals surface area contributed by atoms with E-state index in [9.17, 15) is 18.0 Å². The van der Waals surface area contributed by atoms with Gasteiger partial charge in [0.2, 0.25) is 6.41 Å². The second kappa shape index (κ2) is 6.25. The predicted octanol–water partition coefficient (Wildman–Crippen LogP) is 1.87. The summed E-state index contributed by atoms with van der Waals surface area (Å²) in [6.45, 7) is 0.830. The molecule has 7 heteroatoms. The van der Waals surface area contributed by atoms with Gasteiger partial charge in [0.15, 0.2) is 0 Å². The fourth-order valence-electron chi connectivity index (χ4n) is 1.27. The van der Waals surface area contributed by atoms with Crippen LogP contribution in [0.4, 0.5) is 18.9 Å². The van der Waals surface area contributed by atoms with Crippen molar-refractivity contribution < 1.29 is 22.7 Å². The molecule has 4 nitrogen and oxygen atoms in total. The number of carbonyl (C=O) groups excluding carboxylic acids is 1. The van der Waals surface area contributed by atoms with Crippen LogP contribution in [0.2, 0.25) is 0 Å². The summed E-state index contributed by atoms with van der Waals surface area (Å²) in [5, 5.41) is 5.02. The molecular weight excluding hydrogens is 249 g/mol. The van der Waals surface area contributed by atoms with E-state index in [4.69, 9.17) is 4.74 Å².